The second-order valence-electron chi connectivity index (χ2n) is 5.91. The van der Waals surface area contributed by atoms with Crippen LogP contribution in [-0.2, 0) is 12.1 Å². The van der Waals surface area contributed by atoms with E-state index < -0.39 is 11.7 Å². The van der Waals surface area contributed by atoms with Crippen LogP contribution in [0.3, 0.4) is 0 Å². The molecule has 1 heterocycles. The zero-order valence-electron chi connectivity index (χ0n) is 12.4. The van der Waals surface area contributed by atoms with E-state index in [1.807, 2.05) is 0 Å². The lowest BCUT2D eigenvalue weighted by atomic mass is 9.85. The van der Waals surface area contributed by atoms with Crippen molar-refractivity contribution in [2.45, 2.75) is 50.1 Å². The molecule has 0 bridgehead atoms. The van der Waals surface area contributed by atoms with Crippen LogP contribution < -0.4 is 4.73 Å². The van der Waals surface area contributed by atoms with Crippen LogP contribution in [0.25, 0.3) is 10.9 Å². The Morgan fingerprint density at radius 2 is 1.91 bits per heavy atom. The topological polar surface area (TPSA) is 39.8 Å². The molecule has 0 amide bonds. The van der Waals surface area contributed by atoms with Crippen molar-refractivity contribution < 1.29 is 17.9 Å². The van der Waals surface area contributed by atoms with E-state index >= 15 is 0 Å². The van der Waals surface area contributed by atoms with Gasteiger partial charge >= 0.3 is 12.0 Å². The summed E-state index contributed by atoms with van der Waals surface area (Å²) < 4.78 is 39.7. The molecule has 3 nitrogen and oxygen atoms in total. The monoisotopic (exact) mass is 344 g/mol. The Morgan fingerprint density at radius 1 is 1.22 bits per heavy atom. The Hall–Kier alpha value is -1.56. The van der Waals surface area contributed by atoms with E-state index in [0.717, 1.165) is 44.2 Å². The van der Waals surface area contributed by atoms with Crippen molar-refractivity contribution in [1.29, 1.82) is 0 Å². The molecule has 0 aliphatic heterocycles. The number of hydrogen-bond donors (Lipinski definition) is 0. The maximum Gasteiger partial charge on any atom is 0.416 e. The van der Waals surface area contributed by atoms with Gasteiger partial charge in [0.05, 0.1) is 10.9 Å². The van der Waals surface area contributed by atoms with Crippen molar-refractivity contribution in [2.24, 2.45) is 0 Å². The highest BCUT2D eigenvalue weighted by molar-refractivity contribution is 6.16. The van der Waals surface area contributed by atoms with Gasteiger partial charge in [0.2, 0.25) is 0 Å². The smallest absolute Gasteiger partial charge is 0.416 e. The highest BCUT2D eigenvalue weighted by Crippen LogP contribution is 2.37. The summed E-state index contributed by atoms with van der Waals surface area (Å²) in [5.41, 5.74) is 0.0141. The zero-order chi connectivity index (χ0) is 16.6. The highest BCUT2D eigenvalue weighted by atomic mass is 35.5. The Bertz CT molecular complexity index is 727. The maximum atomic E-state index is 13.0. The van der Waals surface area contributed by atoms with E-state index in [2.05, 4.69) is 4.98 Å². The third-order valence-corrected chi connectivity index (χ3v) is 4.65. The van der Waals surface area contributed by atoms with Crippen molar-refractivity contribution >= 4 is 22.5 Å². The average molecular weight is 345 g/mol. The van der Waals surface area contributed by atoms with Crippen LogP contribution in [0.4, 0.5) is 13.2 Å². The summed E-state index contributed by atoms with van der Waals surface area (Å²) in [6.07, 6.45) is 0.206. The molecular formula is C16H16ClF3N2O. The number of aromatic nitrogens is 2. The number of alkyl halides is 4. The van der Waals surface area contributed by atoms with Crippen LogP contribution in [0.2, 0.25) is 0 Å². The number of rotatable bonds is 2. The van der Waals surface area contributed by atoms with Crippen LogP contribution in [0.15, 0.2) is 18.2 Å². The van der Waals surface area contributed by atoms with Crippen LogP contribution in [0.1, 0.15) is 55.1 Å². The van der Waals surface area contributed by atoms with Gasteiger partial charge < -0.3 is 5.21 Å². The normalized spacial score (nSPS) is 16.9. The van der Waals surface area contributed by atoms with E-state index in [1.165, 1.54) is 6.07 Å². The van der Waals surface area contributed by atoms with Gasteiger partial charge in [0, 0.05) is 5.92 Å². The van der Waals surface area contributed by atoms with Gasteiger partial charge in [-0.2, -0.15) is 13.2 Å². The molecule has 1 aliphatic rings. The molecule has 1 aliphatic carbocycles. The zero-order valence-corrected chi connectivity index (χ0v) is 13.1. The molecule has 0 spiro atoms. The van der Waals surface area contributed by atoms with Crippen molar-refractivity contribution in [3.63, 3.8) is 0 Å². The van der Waals surface area contributed by atoms with Gasteiger partial charge in [0.1, 0.15) is 11.6 Å². The van der Waals surface area contributed by atoms with Crippen LogP contribution >= 0.6 is 11.6 Å². The van der Waals surface area contributed by atoms with Gasteiger partial charge in [-0.25, -0.2) is 4.73 Å². The van der Waals surface area contributed by atoms with Crippen LogP contribution in [0, 0.1) is 5.21 Å². The van der Waals surface area contributed by atoms with Gasteiger partial charge in [-0.05, 0) is 36.0 Å². The number of nitrogens with zero attached hydrogens (tertiary/aromatic N) is 2. The molecule has 3 rings (SSSR count). The Labute approximate surface area is 136 Å². The second kappa shape index (κ2) is 6.15. The molecule has 2 aromatic rings. The molecule has 0 saturated heterocycles. The van der Waals surface area contributed by atoms with Gasteiger partial charge in [-0.15, -0.1) is 11.6 Å². The summed E-state index contributed by atoms with van der Waals surface area (Å²) >= 11 is 5.78. The summed E-state index contributed by atoms with van der Waals surface area (Å²) in [5, 5.41) is 12.9. The van der Waals surface area contributed by atoms with Gasteiger partial charge in [0.25, 0.3) is 0 Å². The molecule has 23 heavy (non-hydrogen) atoms. The quantitative estimate of drug-likeness (QED) is 0.451. The second-order valence-corrected chi connectivity index (χ2v) is 6.17. The fraction of sp³-hybridized carbons (Fsp3) is 0.500. The fourth-order valence-corrected chi connectivity index (χ4v) is 3.46. The number of halogens is 4. The van der Waals surface area contributed by atoms with Gasteiger partial charge in [0.15, 0.2) is 5.52 Å². The third kappa shape index (κ3) is 3.09. The van der Waals surface area contributed by atoms with Crippen molar-refractivity contribution in [2.75, 3.05) is 0 Å². The minimum atomic E-state index is -4.45. The maximum absolute atomic E-state index is 13.0. The first kappa shape index (κ1) is 16.3. The summed E-state index contributed by atoms with van der Waals surface area (Å²) in [4.78, 5) is 4.12. The molecule has 7 heteroatoms. The first-order valence-electron chi connectivity index (χ1n) is 7.61. The number of fused-ring (bicyclic) bond motifs is 1. The minimum absolute atomic E-state index is 0.0443. The fourth-order valence-electron chi connectivity index (χ4n) is 3.29. The number of hydrogen-bond acceptors (Lipinski definition) is 2. The molecule has 0 unspecified atom stereocenters. The SMILES string of the molecule is [O-][n+]1c(CCl)nc2ccc(C(F)(F)F)cc2c1C1CCCCC1. The lowest BCUT2D eigenvalue weighted by Crippen LogP contribution is -2.39. The van der Waals surface area contributed by atoms with Crippen LogP contribution in [-0.4, -0.2) is 4.98 Å². The molecule has 1 saturated carbocycles. The Balaban J connectivity index is 2.25. The largest absolute Gasteiger partial charge is 0.710 e. The van der Waals surface area contributed by atoms with Gasteiger partial charge in [-0.3, -0.25) is 0 Å². The summed E-state index contributed by atoms with van der Waals surface area (Å²) in [6, 6.07) is 3.35. The molecule has 1 aromatic heterocycles. The first-order valence-corrected chi connectivity index (χ1v) is 8.14. The van der Waals surface area contributed by atoms with E-state index in [1.54, 1.807) is 0 Å². The van der Waals surface area contributed by atoms with Crippen molar-refractivity contribution in [3.8, 4) is 0 Å². The highest BCUT2D eigenvalue weighted by Gasteiger charge is 2.33. The lowest BCUT2D eigenvalue weighted by Gasteiger charge is -2.25. The van der Waals surface area contributed by atoms with Gasteiger partial charge in [-0.1, -0.05) is 19.3 Å². The van der Waals surface area contributed by atoms with E-state index in [4.69, 9.17) is 11.6 Å². The van der Waals surface area contributed by atoms with E-state index in [-0.39, 0.29) is 23.0 Å². The molecule has 0 radical (unpaired) electrons. The minimum Gasteiger partial charge on any atom is -0.710 e. The van der Waals surface area contributed by atoms with E-state index in [0.29, 0.717) is 15.9 Å². The lowest BCUT2D eigenvalue weighted by molar-refractivity contribution is -0.625. The van der Waals surface area contributed by atoms with Crippen molar-refractivity contribution in [3.05, 3.63) is 40.5 Å². The average Bonchev–Trinajstić information content (AvgIpc) is 2.53. The summed E-state index contributed by atoms with van der Waals surface area (Å²) in [5.74, 6) is 0.0249. The molecule has 1 fully saturated rings. The summed E-state index contributed by atoms with van der Waals surface area (Å²) in [6.45, 7) is 0. The first-order chi connectivity index (χ1) is 10.9. The molecular weight excluding hydrogens is 329 g/mol. The number of benzene rings is 1. The standard InChI is InChI=1S/C16H16ClF3N2O/c17-9-14-21-13-7-6-11(16(18,19)20)8-12(13)15(22(14)23)10-4-2-1-3-5-10/h6-8,10H,1-5,9H2. The molecule has 1 aromatic carbocycles. The Kier molecular flexibility index (Phi) is 4.36. The summed E-state index contributed by atoms with van der Waals surface area (Å²) in [7, 11) is 0. The third-order valence-electron chi connectivity index (χ3n) is 4.41. The predicted octanol–water partition coefficient (Wildman–Crippen LogP) is 4.67. The predicted molar refractivity (Wildman–Crippen MR) is 81.1 cm³/mol. The van der Waals surface area contributed by atoms with Crippen molar-refractivity contribution in [1.82, 2.24) is 4.98 Å². The van der Waals surface area contributed by atoms with Crippen LogP contribution in [0.5, 0.6) is 0 Å². The molecule has 124 valence electrons. The Morgan fingerprint density at radius 3 is 2.52 bits per heavy atom. The van der Waals surface area contributed by atoms with E-state index in [9.17, 15) is 18.4 Å². The molecule has 0 N–H and O–H groups in total. The molecule has 0 atom stereocenters.